The Morgan fingerprint density at radius 1 is 1.50 bits per heavy atom. The van der Waals surface area contributed by atoms with E-state index in [2.05, 4.69) is 5.32 Å². The van der Waals surface area contributed by atoms with Gasteiger partial charge in [0.15, 0.2) is 0 Å². The van der Waals surface area contributed by atoms with Gasteiger partial charge in [-0.2, -0.15) is 0 Å². The molecule has 0 saturated carbocycles. The van der Waals surface area contributed by atoms with E-state index in [-0.39, 0.29) is 0 Å². The number of hydrogen-bond donors (Lipinski definition) is 1. The van der Waals surface area contributed by atoms with E-state index < -0.39 is 0 Å². The number of amides is 1. The fraction of sp³-hybridized carbons (Fsp3) is 0.667. The maximum absolute atomic E-state index is 9.80. The van der Waals surface area contributed by atoms with Crippen LogP contribution in [0.5, 0.6) is 0 Å². The van der Waals surface area contributed by atoms with Crippen molar-refractivity contribution in [1.82, 2.24) is 5.32 Å². The molecule has 0 aromatic carbocycles. The van der Waals surface area contributed by atoms with Crippen molar-refractivity contribution < 1.29 is 4.79 Å². The van der Waals surface area contributed by atoms with Crippen molar-refractivity contribution in [2.75, 3.05) is 0 Å². The molecular weight excluding hydrogens is 102 g/mol. The molecule has 0 bridgehead atoms. The summed E-state index contributed by atoms with van der Waals surface area (Å²) in [5, 5.41) is 2.62. The number of rotatable bonds is 4. The first-order chi connectivity index (χ1) is 3.85. The minimum atomic E-state index is 0.725. The Hall–Kier alpha value is -0.530. The maximum Gasteiger partial charge on any atom is 0.207 e. The number of hydrogen-bond acceptors (Lipinski definition) is 1. The summed E-state index contributed by atoms with van der Waals surface area (Å²) < 4.78 is 0. The molecule has 47 valence electrons. The van der Waals surface area contributed by atoms with E-state index in [1.165, 1.54) is 0 Å². The zero-order valence-corrected chi connectivity index (χ0v) is 5.40. The Bertz CT molecular complexity index is 59.5. The molecule has 1 radical (unpaired) electrons. The maximum atomic E-state index is 9.80. The molecule has 0 aromatic heterocycles. The van der Waals surface area contributed by atoms with Crippen LogP contribution >= 0.6 is 0 Å². The molecule has 2 heteroatoms. The molecule has 0 unspecified atom stereocenters. The van der Waals surface area contributed by atoms with E-state index in [0.29, 0.717) is 0 Å². The quantitative estimate of drug-likeness (QED) is 0.544. The van der Waals surface area contributed by atoms with Gasteiger partial charge >= 0.3 is 0 Å². The third-order valence-electron chi connectivity index (χ3n) is 1.12. The van der Waals surface area contributed by atoms with Gasteiger partial charge in [0, 0.05) is 0 Å². The van der Waals surface area contributed by atoms with Gasteiger partial charge in [0.25, 0.3) is 0 Å². The van der Waals surface area contributed by atoms with E-state index in [1.54, 1.807) is 0 Å². The minimum Gasteiger partial charge on any atom is -0.351 e. The Labute approximate surface area is 50.3 Å². The van der Waals surface area contributed by atoms with E-state index in [4.69, 9.17) is 0 Å². The molecule has 1 amide bonds. The van der Waals surface area contributed by atoms with Gasteiger partial charge in [-0.1, -0.05) is 13.8 Å². The summed E-state index contributed by atoms with van der Waals surface area (Å²) in [6, 6.07) is 1.10. The van der Waals surface area contributed by atoms with Crippen LogP contribution in [0.2, 0.25) is 0 Å². The summed E-state index contributed by atoms with van der Waals surface area (Å²) in [5.74, 6) is 0. The summed E-state index contributed by atoms with van der Waals surface area (Å²) in [7, 11) is 0. The lowest BCUT2D eigenvalue weighted by Crippen LogP contribution is -2.16. The number of carbonyl (C=O) groups excluding carboxylic acids is 1. The van der Waals surface area contributed by atoms with Crippen LogP contribution < -0.4 is 5.32 Å². The molecule has 0 fully saturated rings. The standard InChI is InChI=1S/C6H12NO/c1-3-6(4-2)7-5-8/h5H,3-4H2,1-2H3,(H,7,8). The monoisotopic (exact) mass is 114 g/mol. The Morgan fingerprint density at radius 3 is 2.12 bits per heavy atom. The molecule has 0 rings (SSSR count). The molecule has 0 spiro atoms. The molecule has 8 heavy (non-hydrogen) atoms. The van der Waals surface area contributed by atoms with Gasteiger partial charge in [0.1, 0.15) is 0 Å². The predicted molar refractivity (Wildman–Crippen MR) is 33.0 cm³/mol. The number of nitrogens with one attached hydrogen (secondary N) is 1. The van der Waals surface area contributed by atoms with E-state index in [9.17, 15) is 4.79 Å². The Kier molecular flexibility index (Phi) is 4.32. The zero-order chi connectivity index (χ0) is 6.41. The van der Waals surface area contributed by atoms with Crippen LogP contribution in [0.3, 0.4) is 0 Å². The molecule has 0 heterocycles. The molecule has 0 atom stereocenters. The van der Waals surface area contributed by atoms with Crippen LogP contribution in [-0.2, 0) is 4.79 Å². The van der Waals surface area contributed by atoms with Crippen LogP contribution in [0.25, 0.3) is 0 Å². The van der Waals surface area contributed by atoms with Crippen molar-refractivity contribution in [2.45, 2.75) is 26.7 Å². The highest BCUT2D eigenvalue weighted by Gasteiger charge is 1.98. The van der Waals surface area contributed by atoms with Crippen LogP contribution in [0, 0.1) is 6.04 Å². The third-order valence-corrected chi connectivity index (χ3v) is 1.12. The summed E-state index contributed by atoms with van der Waals surface area (Å²) in [5.41, 5.74) is 0. The minimum absolute atomic E-state index is 0.725. The molecule has 0 aromatic rings. The van der Waals surface area contributed by atoms with E-state index >= 15 is 0 Å². The normalized spacial score (nSPS) is 9.38. The summed E-state index contributed by atoms with van der Waals surface area (Å²) in [4.78, 5) is 9.80. The predicted octanol–water partition coefficient (Wildman–Crippen LogP) is 1.08. The summed E-state index contributed by atoms with van der Waals surface area (Å²) in [6.45, 7) is 4.05. The second-order valence-electron chi connectivity index (χ2n) is 1.57. The first kappa shape index (κ1) is 7.47. The average molecular weight is 114 g/mol. The van der Waals surface area contributed by atoms with Gasteiger partial charge < -0.3 is 5.32 Å². The largest absolute Gasteiger partial charge is 0.351 e. The van der Waals surface area contributed by atoms with Gasteiger partial charge in [-0.25, -0.2) is 0 Å². The van der Waals surface area contributed by atoms with Gasteiger partial charge in [-0.05, 0) is 12.8 Å². The first-order valence-corrected chi connectivity index (χ1v) is 2.90. The first-order valence-electron chi connectivity index (χ1n) is 2.90. The van der Waals surface area contributed by atoms with Crippen LogP contribution in [0.1, 0.15) is 26.7 Å². The second kappa shape index (κ2) is 4.62. The highest BCUT2D eigenvalue weighted by Crippen LogP contribution is 2.02. The third kappa shape index (κ3) is 2.61. The van der Waals surface area contributed by atoms with Gasteiger partial charge in [0.05, 0.1) is 6.04 Å². The van der Waals surface area contributed by atoms with Crippen LogP contribution in [0.4, 0.5) is 0 Å². The molecule has 0 aliphatic carbocycles. The van der Waals surface area contributed by atoms with Crippen molar-refractivity contribution in [2.24, 2.45) is 0 Å². The van der Waals surface area contributed by atoms with Crippen LogP contribution in [-0.4, -0.2) is 6.41 Å². The van der Waals surface area contributed by atoms with Gasteiger partial charge in [-0.3, -0.25) is 4.79 Å². The van der Waals surface area contributed by atoms with Gasteiger partial charge in [-0.15, -0.1) is 0 Å². The smallest absolute Gasteiger partial charge is 0.207 e. The number of carbonyl (C=O) groups is 1. The topological polar surface area (TPSA) is 29.1 Å². The zero-order valence-electron chi connectivity index (χ0n) is 5.40. The molecule has 0 aliphatic heterocycles. The lowest BCUT2D eigenvalue weighted by Gasteiger charge is -2.06. The van der Waals surface area contributed by atoms with Crippen molar-refractivity contribution in [3.63, 3.8) is 0 Å². The van der Waals surface area contributed by atoms with Crippen LogP contribution in [0.15, 0.2) is 0 Å². The highest BCUT2D eigenvalue weighted by molar-refractivity contribution is 5.48. The summed E-state index contributed by atoms with van der Waals surface area (Å²) in [6.07, 6.45) is 2.60. The Morgan fingerprint density at radius 2 is 2.00 bits per heavy atom. The van der Waals surface area contributed by atoms with E-state index in [1.807, 2.05) is 13.8 Å². The van der Waals surface area contributed by atoms with Crippen molar-refractivity contribution >= 4 is 6.41 Å². The second-order valence-corrected chi connectivity index (χ2v) is 1.57. The molecule has 0 saturated heterocycles. The average Bonchev–Trinajstić information content (AvgIpc) is 1.83. The fourth-order valence-corrected chi connectivity index (χ4v) is 0.537. The Balaban J connectivity index is 3.20. The van der Waals surface area contributed by atoms with Gasteiger partial charge in [0.2, 0.25) is 6.41 Å². The molecule has 1 N–H and O–H groups in total. The fourth-order valence-electron chi connectivity index (χ4n) is 0.537. The lowest BCUT2D eigenvalue weighted by atomic mass is 10.2. The highest BCUT2D eigenvalue weighted by atomic mass is 16.1. The van der Waals surface area contributed by atoms with Crippen molar-refractivity contribution in [3.05, 3.63) is 6.04 Å². The SMILES string of the molecule is CC[C](CC)NC=O. The molecular formula is C6H12NO. The molecule has 0 aliphatic rings. The lowest BCUT2D eigenvalue weighted by molar-refractivity contribution is -0.109. The van der Waals surface area contributed by atoms with E-state index in [0.717, 1.165) is 25.3 Å². The molecule has 2 nitrogen and oxygen atoms in total. The van der Waals surface area contributed by atoms with Crippen molar-refractivity contribution in [3.8, 4) is 0 Å². The van der Waals surface area contributed by atoms with Crippen molar-refractivity contribution in [1.29, 1.82) is 0 Å². The summed E-state index contributed by atoms with van der Waals surface area (Å²) >= 11 is 0.